The molecule has 0 unspecified atom stereocenters. The Morgan fingerprint density at radius 3 is 2.25 bits per heavy atom. The van der Waals surface area contributed by atoms with Crippen LogP contribution in [0.5, 0.6) is 5.75 Å². The number of nitrogens with one attached hydrogen (secondary N) is 1. The molecule has 164 valence electrons. The zero-order valence-corrected chi connectivity index (χ0v) is 18.4. The molecule has 1 amide bonds. The van der Waals surface area contributed by atoms with Gasteiger partial charge in [0.1, 0.15) is 12.3 Å². The van der Waals surface area contributed by atoms with Gasteiger partial charge in [-0.3, -0.25) is 9.10 Å². The van der Waals surface area contributed by atoms with Crippen LogP contribution in [0, 0.1) is 11.3 Å². The summed E-state index contributed by atoms with van der Waals surface area (Å²) in [6.45, 7) is 1.93. The van der Waals surface area contributed by atoms with Crippen LogP contribution in [0.1, 0.15) is 12.5 Å². The third-order valence-corrected chi connectivity index (χ3v) is 6.36. The Morgan fingerprint density at radius 1 is 1.00 bits per heavy atom. The number of ether oxygens (including phenoxy) is 1. The summed E-state index contributed by atoms with van der Waals surface area (Å²) in [6.07, 6.45) is 0.273. The number of benzene rings is 3. The van der Waals surface area contributed by atoms with Crippen LogP contribution in [0.25, 0.3) is 0 Å². The minimum Gasteiger partial charge on any atom is -0.494 e. The van der Waals surface area contributed by atoms with E-state index in [1.807, 2.05) is 6.92 Å². The highest BCUT2D eigenvalue weighted by molar-refractivity contribution is 7.92. The lowest BCUT2D eigenvalue weighted by atomic mass is 10.1. The number of hydrogen-bond acceptors (Lipinski definition) is 5. The van der Waals surface area contributed by atoms with E-state index in [-0.39, 0.29) is 11.3 Å². The number of sulfonamides is 1. The van der Waals surface area contributed by atoms with Gasteiger partial charge in [0.2, 0.25) is 5.91 Å². The van der Waals surface area contributed by atoms with Crippen LogP contribution in [0.4, 0.5) is 11.4 Å². The van der Waals surface area contributed by atoms with Gasteiger partial charge in [0.25, 0.3) is 10.0 Å². The molecule has 3 aromatic rings. The first-order chi connectivity index (χ1) is 15.4. The molecule has 3 rings (SSSR count). The molecule has 0 spiro atoms. The van der Waals surface area contributed by atoms with E-state index in [1.54, 1.807) is 66.7 Å². The first kappa shape index (κ1) is 22.8. The maximum absolute atomic E-state index is 13.3. The fraction of sp³-hybridized carbons (Fsp3) is 0.167. The van der Waals surface area contributed by atoms with E-state index in [4.69, 9.17) is 10.00 Å². The molecule has 0 radical (unpaired) electrons. The number of rotatable bonds is 9. The molecular formula is C24H23N3O4S. The van der Waals surface area contributed by atoms with Crippen molar-refractivity contribution in [2.24, 2.45) is 0 Å². The topological polar surface area (TPSA) is 99.5 Å². The van der Waals surface area contributed by atoms with Gasteiger partial charge < -0.3 is 10.1 Å². The molecule has 3 aromatic carbocycles. The standard InChI is InChI=1S/C24H23N3O4S/c1-2-31-22-14-12-21(13-15-22)27(32(29,30)23-6-4-3-5-7-23)18-24(28)26-20-10-8-19(9-11-20)16-17-25/h3-15H,2,16,18H2,1H3,(H,26,28). The first-order valence-corrected chi connectivity index (χ1v) is 11.4. The molecular weight excluding hydrogens is 426 g/mol. The van der Waals surface area contributed by atoms with E-state index in [0.717, 1.165) is 9.87 Å². The lowest BCUT2D eigenvalue weighted by Crippen LogP contribution is -2.38. The van der Waals surface area contributed by atoms with E-state index in [0.29, 0.717) is 23.7 Å². The Hall–Kier alpha value is -3.83. The summed E-state index contributed by atoms with van der Waals surface area (Å²) in [5, 5.41) is 11.5. The van der Waals surface area contributed by atoms with Crippen molar-refractivity contribution in [1.82, 2.24) is 0 Å². The van der Waals surface area contributed by atoms with E-state index >= 15 is 0 Å². The van der Waals surface area contributed by atoms with Crippen molar-refractivity contribution in [3.63, 3.8) is 0 Å². The van der Waals surface area contributed by atoms with Gasteiger partial charge in [0.05, 0.1) is 29.7 Å². The maximum atomic E-state index is 13.3. The second-order valence-electron chi connectivity index (χ2n) is 6.83. The molecule has 0 saturated heterocycles. The quantitative estimate of drug-likeness (QED) is 0.533. The Morgan fingerprint density at radius 2 is 1.66 bits per heavy atom. The van der Waals surface area contributed by atoms with Gasteiger partial charge >= 0.3 is 0 Å². The first-order valence-electron chi connectivity index (χ1n) is 10.0. The molecule has 0 atom stereocenters. The predicted molar refractivity (Wildman–Crippen MR) is 123 cm³/mol. The molecule has 0 heterocycles. The number of amides is 1. The van der Waals surface area contributed by atoms with Crippen LogP contribution in [0.2, 0.25) is 0 Å². The minimum atomic E-state index is -3.99. The van der Waals surface area contributed by atoms with E-state index in [9.17, 15) is 13.2 Å². The van der Waals surface area contributed by atoms with Gasteiger partial charge in [0.15, 0.2) is 0 Å². The second-order valence-corrected chi connectivity index (χ2v) is 8.69. The third kappa shape index (κ3) is 5.65. The molecule has 8 heteroatoms. The summed E-state index contributed by atoms with van der Waals surface area (Å²) < 4.78 is 33.2. The van der Waals surface area contributed by atoms with Crippen molar-refractivity contribution in [2.75, 3.05) is 22.8 Å². The number of nitriles is 1. The summed E-state index contributed by atoms with van der Waals surface area (Å²) >= 11 is 0. The van der Waals surface area contributed by atoms with Crippen molar-refractivity contribution >= 4 is 27.3 Å². The Labute approximate surface area is 187 Å². The van der Waals surface area contributed by atoms with Crippen LogP contribution >= 0.6 is 0 Å². The fourth-order valence-electron chi connectivity index (χ4n) is 3.04. The van der Waals surface area contributed by atoms with E-state index in [1.165, 1.54) is 12.1 Å². The van der Waals surface area contributed by atoms with Gasteiger partial charge in [-0.15, -0.1) is 0 Å². The van der Waals surface area contributed by atoms with Gasteiger partial charge in [-0.2, -0.15) is 5.26 Å². The average Bonchev–Trinajstić information content (AvgIpc) is 2.80. The number of carbonyl (C=O) groups excluding carboxylic acids is 1. The molecule has 32 heavy (non-hydrogen) atoms. The third-order valence-electron chi connectivity index (χ3n) is 4.57. The van der Waals surface area contributed by atoms with Crippen LogP contribution in [0.3, 0.4) is 0 Å². The maximum Gasteiger partial charge on any atom is 0.264 e. The normalized spacial score (nSPS) is 10.8. The van der Waals surface area contributed by atoms with Crippen LogP contribution in [0.15, 0.2) is 83.8 Å². The Balaban J connectivity index is 1.86. The van der Waals surface area contributed by atoms with Gasteiger partial charge in [-0.05, 0) is 61.0 Å². The largest absolute Gasteiger partial charge is 0.494 e. The summed E-state index contributed by atoms with van der Waals surface area (Å²) in [4.78, 5) is 12.8. The number of anilines is 2. The van der Waals surface area contributed by atoms with Crippen molar-refractivity contribution < 1.29 is 17.9 Å². The number of carbonyl (C=O) groups is 1. The highest BCUT2D eigenvalue weighted by Crippen LogP contribution is 2.26. The Kier molecular flexibility index (Phi) is 7.47. The molecule has 0 bridgehead atoms. The molecule has 0 aliphatic heterocycles. The molecule has 0 aliphatic carbocycles. The average molecular weight is 450 g/mol. The van der Waals surface area contributed by atoms with Crippen molar-refractivity contribution in [2.45, 2.75) is 18.2 Å². The van der Waals surface area contributed by atoms with Crippen molar-refractivity contribution in [1.29, 1.82) is 5.26 Å². The number of hydrogen-bond donors (Lipinski definition) is 1. The second kappa shape index (κ2) is 10.5. The number of nitrogens with zero attached hydrogens (tertiary/aromatic N) is 2. The zero-order chi connectivity index (χ0) is 23.0. The van der Waals surface area contributed by atoms with E-state index < -0.39 is 22.5 Å². The summed E-state index contributed by atoms with van der Waals surface area (Å²) in [6, 6.07) is 23.4. The minimum absolute atomic E-state index is 0.0857. The van der Waals surface area contributed by atoms with Crippen LogP contribution < -0.4 is 14.4 Å². The van der Waals surface area contributed by atoms with Gasteiger partial charge in [-0.1, -0.05) is 30.3 Å². The molecule has 0 aliphatic rings. The Bertz CT molecular complexity index is 1190. The fourth-order valence-corrected chi connectivity index (χ4v) is 4.48. The molecule has 7 nitrogen and oxygen atoms in total. The predicted octanol–water partition coefficient (Wildman–Crippen LogP) is 3.99. The smallest absolute Gasteiger partial charge is 0.264 e. The lowest BCUT2D eigenvalue weighted by molar-refractivity contribution is -0.114. The lowest BCUT2D eigenvalue weighted by Gasteiger charge is -2.24. The summed E-state index contributed by atoms with van der Waals surface area (Å²) in [7, 11) is -3.99. The van der Waals surface area contributed by atoms with Crippen molar-refractivity contribution in [3.05, 3.63) is 84.4 Å². The van der Waals surface area contributed by atoms with Crippen LogP contribution in [-0.4, -0.2) is 27.5 Å². The molecule has 1 N–H and O–H groups in total. The zero-order valence-electron chi connectivity index (χ0n) is 17.6. The molecule has 0 aromatic heterocycles. The van der Waals surface area contributed by atoms with Crippen LogP contribution in [-0.2, 0) is 21.2 Å². The molecule has 0 fully saturated rings. The SMILES string of the molecule is CCOc1ccc(N(CC(=O)Nc2ccc(CC#N)cc2)S(=O)(=O)c2ccccc2)cc1. The highest BCUT2D eigenvalue weighted by Gasteiger charge is 2.27. The summed E-state index contributed by atoms with van der Waals surface area (Å²) in [5.74, 6) is 0.113. The summed E-state index contributed by atoms with van der Waals surface area (Å²) in [5.41, 5.74) is 1.69. The van der Waals surface area contributed by atoms with E-state index in [2.05, 4.69) is 11.4 Å². The van der Waals surface area contributed by atoms with Gasteiger partial charge in [0, 0.05) is 5.69 Å². The molecule has 0 saturated carbocycles. The highest BCUT2D eigenvalue weighted by atomic mass is 32.2. The van der Waals surface area contributed by atoms with Crippen molar-refractivity contribution in [3.8, 4) is 11.8 Å². The van der Waals surface area contributed by atoms with Gasteiger partial charge in [-0.25, -0.2) is 8.42 Å². The monoisotopic (exact) mass is 449 g/mol.